The van der Waals surface area contributed by atoms with E-state index in [4.69, 9.17) is 14.2 Å². The first-order chi connectivity index (χ1) is 19.5. The Morgan fingerprint density at radius 3 is 2.23 bits per heavy atom. The number of benzene rings is 3. The van der Waals surface area contributed by atoms with Crippen molar-refractivity contribution in [3.8, 4) is 17.2 Å². The quantitative estimate of drug-likeness (QED) is 0.176. The summed E-state index contributed by atoms with van der Waals surface area (Å²) in [6, 6.07) is 24.6. The molecule has 1 aliphatic rings. The molecule has 40 heavy (non-hydrogen) atoms. The Morgan fingerprint density at radius 1 is 0.850 bits per heavy atom. The lowest BCUT2D eigenvalue weighted by molar-refractivity contribution is -0.140. The number of amides is 1. The monoisotopic (exact) mass is 536 g/mol. The molecule has 0 spiro atoms. The summed E-state index contributed by atoms with van der Waals surface area (Å²) in [6.07, 6.45) is 3.26. The van der Waals surface area contributed by atoms with Gasteiger partial charge in [-0.15, -0.1) is 0 Å². The summed E-state index contributed by atoms with van der Waals surface area (Å²) in [5.74, 6) is -0.276. The molecule has 0 radical (unpaired) electrons. The second-order valence-electron chi connectivity index (χ2n) is 9.20. The maximum Gasteiger partial charge on any atom is 0.295 e. The van der Waals surface area contributed by atoms with Crippen LogP contribution in [0.5, 0.6) is 17.2 Å². The number of aromatic nitrogens is 1. The van der Waals surface area contributed by atoms with E-state index in [1.807, 2.05) is 30.3 Å². The SMILES string of the molecule is COc1ccc(C(O)=C2C(=O)C(=O)N(Cc3ccncc3)[C@@H]2c2ccc(OCc3ccccc3)cc2)cc1OC. The van der Waals surface area contributed by atoms with Gasteiger partial charge in [0.15, 0.2) is 11.5 Å². The number of ether oxygens (including phenoxy) is 3. The minimum atomic E-state index is -0.829. The number of aliphatic hydroxyl groups excluding tert-OH is 1. The average molecular weight is 537 g/mol. The predicted octanol–water partition coefficient (Wildman–Crippen LogP) is 5.30. The number of aliphatic hydroxyl groups is 1. The third-order valence-electron chi connectivity index (χ3n) is 6.74. The molecule has 1 saturated heterocycles. The van der Waals surface area contributed by atoms with Gasteiger partial charge in [0.1, 0.15) is 18.1 Å². The van der Waals surface area contributed by atoms with Crippen molar-refractivity contribution in [3.63, 3.8) is 0 Å². The highest BCUT2D eigenvalue weighted by molar-refractivity contribution is 6.46. The highest BCUT2D eigenvalue weighted by atomic mass is 16.5. The van der Waals surface area contributed by atoms with Crippen LogP contribution in [0.3, 0.4) is 0 Å². The van der Waals surface area contributed by atoms with Crippen molar-refractivity contribution < 1.29 is 28.9 Å². The molecule has 8 heteroatoms. The summed E-state index contributed by atoms with van der Waals surface area (Å²) in [5.41, 5.74) is 2.81. The van der Waals surface area contributed by atoms with Crippen LogP contribution in [0.2, 0.25) is 0 Å². The first-order valence-corrected chi connectivity index (χ1v) is 12.7. The molecule has 4 aromatic rings. The summed E-state index contributed by atoms with van der Waals surface area (Å²) in [5, 5.41) is 11.4. The molecule has 1 aromatic heterocycles. The van der Waals surface area contributed by atoms with Crippen molar-refractivity contribution in [3.05, 3.63) is 125 Å². The van der Waals surface area contributed by atoms with E-state index in [1.54, 1.807) is 67.0 Å². The van der Waals surface area contributed by atoms with Crippen molar-refractivity contribution in [1.29, 1.82) is 0 Å². The van der Waals surface area contributed by atoms with Crippen LogP contribution < -0.4 is 14.2 Å². The van der Waals surface area contributed by atoms with E-state index in [-0.39, 0.29) is 17.9 Å². The zero-order chi connectivity index (χ0) is 28.1. The topological polar surface area (TPSA) is 98.2 Å². The molecule has 0 aliphatic carbocycles. The van der Waals surface area contributed by atoms with Crippen molar-refractivity contribution in [2.24, 2.45) is 0 Å². The second-order valence-corrected chi connectivity index (χ2v) is 9.20. The summed E-state index contributed by atoms with van der Waals surface area (Å²) in [4.78, 5) is 32.2. The molecule has 5 rings (SSSR count). The zero-order valence-electron chi connectivity index (χ0n) is 22.1. The van der Waals surface area contributed by atoms with Crippen molar-refractivity contribution in [1.82, 2.24) is 9.88 Å². The van der Waals surface area contributed by atoms with Crippen molar-refractivity contribution >= 4 is 17.4 Å². The second kappa shape index (κ2) is 11.7. The largest absolute Gasteiger partial charge is 0.507 e. The number of rotatable bonds is 9. The molecular weight excluding hydrogens is 508 g/mol. The molecule has 0 unspecified atom stereocenters. The molecule has 1 amide bonds. The molecule has 3 aromatic carbocycles. The number of hydrogen-bond acceptors (Lipinski definition) is 7. The van der Waals surface area contributed by atoms with Gasteiger partial charge in [-0.1, -0.05) is 42.5 Å². The van der Waals surface area contributed by atoms with Gasteiger partial charge in [0.2, 0.25) is 0 Å². The summed E-state index contributed by atoms with van der Waals surface area (Å²) >= 11 is 0. The Hall–Kier alpha value is -5.11. The summed E-state index contributed by atoms with van der Waals surface area (Å²) in [7, 11) is 2.99. The highest BCUT2D eigenvalue weighted by Crippen LogP contribution is 2.41. The van der Waals surface area contributed by atoms with Gasteiger partial charge in [-0.3, -0.25) is 14.6 Å². The molecule has 0 saturated carbocycles. The van der Waals surface area contributed by atoms with Gasteiger partial charge in [0, 0.05) is 24.5 Å². The standard InChI is InChI=1S/C32H28N2O6/c1-38-26-13-10-24(18-27(26)39-2)30(35)28-29(34(32(37)31(28)36)19-21-14-16-33-17-15-21)23-8-11-25(12-9-23)40-20-22-6-4-3-5-7-22/h3-18,29,35H,19-20H2,1-2H3/t29-/m1/s1. The lowest BCUT2D eigenvalue weighted by atomic mass is 9.95. The predicted molar refractivity (Wildman–Crippen MR) is 149 cm³/mol. The fraction of sp³-hybridized carbons (Fsp3) is 0.156. The molecule has 1 fully saturated rings. The van der Waals surface area contributed by atoms with Crippen LogP contribution in [-0.4, -0.2) is 40.9 Å². The van der Waals surface area contributed by atoms with Crippen LogP contribution in [0.15, 0.2) is 103 Å². The summed E-state index contributed by atoms with van der Waals surface area (Å²) < 4.78 is 16.6. The van der Waals surface area contributed by atoms with Gasteiger partial charge in [0.05, 0.1) is 25.8 Å². The first-order valence-electron chi connectivity index (χ1n) is 12.7. The van der Waals surface area contributed by atoms with E-state index in [0.717, 1.165) is 11.1 Å². The Kier molecular flexibility index (Phi) is 7.77. The third-order valence-corrected chi connectivity index (χ3v) is 6.74. The molecule has 1 aliphatic heterocycles. The maximum atomic E-state index is 13.4. The lowest BCUT2D eigenvalue weighted by Gasteiger charge is -2.25. The molecule has 0 bridgehead atoms. The van der Waals surface area contributed by atoms with Crippen molar-refractivity contribution in [2.45, 2.75) is 19.2 Å². The average Bonchev–Trinajstić information content (AvgIpc) is 3.25. The number of carbonyl (C=O) groups excluding carboxylic acids is 2. The Bertz CT molecular complexity index is 1540. The highest BCUT2D eigenvalue weighted by Gasteiger charge is 2.46. The number of ketones is 1. The molecule has 1 atom stereocenters. The number of likely N-dealkylation sites (tertiary alicyclic amines) is 1. The Balaban J connectivity index is 1.53. The van der Waals surface area contributed by atoms with Gasteiger partial charge >= 0.3 is 0 Å². The van der Waals surface area contributed by atoms with Gasteiger partial charge in [-0.25, -0.2) is 0 Å². The minimum absolute atomic E-state index is 0.00997. The van der Waals surface area contributed by atoms with Crippen LogP contribution >= 0.6 is 0 Å². The number of carbonyl (C=O) groups is 2. The summed E-state index contributed by atoms with van der Waals surface area (Å²) in [6.45, 7) is 0.562. The molecule has 1 N–H and O–H groups in total. The van der Waals surface area contributed by atoms with Crippen LogP contribution in [-0.2, 0) is 22.7 Å². The van der Waals surface area contributed by atoms with E-state index in [9.17, 15) is 14.7 Å². The van der Waals surface area contributed by atoms with Gasteiger partial charge < -0.3 is 24.2 Å². The van der Waals surface area contributed by atoms with Crippen LogP contribution in [0.25, 0.3) is 5.76 Å². The van der Waals surface area contributed by atoms with Crippen molar-refractivity contribution in [2.75, 3.05) is 14.2 Å². The normalized spacial score (nSPS) is 16.1. The van der Waals surface area contributed by atoms with Crippen LogP contribution in [0, 0.1) is 0 Å². The number of pyridine rings is 1. The van der Waals surface area contributed by atoms with Crippen LogP contribution in [0.1, 0.15) is 28.3 Å². The Labute approximate surface area is 232 Å². The fourth-order valence-corrected chi connectivity index (χ4v) is 4.70. The number of hydrogen-bond donors (Lipinski definition) is 1. The number of nitrogens with zero attached hydrogens (tertiary/aromatic N) is 2. The van der Waals surface area contributed by atoms with E-state index in [1.165, 1.54) is 19.1 Å². The molecule has 2 heterocycles. The maximum absolute atomic E-state index is 13.4. The smallest absolute Gasteiger partial charge is 0.295 e. The minimum Gasteiger partial charge on any atom is -0.507 e. The molecular formula is C32H28N2O6. The Morgan fingerprint density at radius 2 is 1.55 bits per heavy atom. The van der Waals surface area contributed by atoms with Gasteiger partial charge in [-0.2, -0.15) is 0 Å². The fourth-order valence-electron chi connectivity index (χ4n) is 4.70. The first kappa shape index (κ1) is 26.5. The molecule has 8 nitrogen and oxygen atoms in total. The van der Waals surface area contributed by atoms with E-state index in [2.05, 4.69) is 4.98 Å². The van der Waals surface area contributed by atoms with Crippen LogP contribution in [0.4, 0.5) is 0 Å². The lowest BCUT2D eigenvalue weighted by Crippen LogP contribution is -2.29. The zero-order valence-corrected chi connectivity index (χ0v) is 22.1. The number of methoxy groups -OCH3 is 2. The van der Waals surface area contributed by atoms with E-state index in [0.29, 0.717) is 35.0 Å². The third kappa shape index (κ3) is 5.37. The van der Waals surface area contributed by atoms with Gasteiger partial charge in [-0.05, 0) is 59.2 Å². The van der Waals surface area contributed by atoms with E-state index >= 15 is 0 Å². The number of Topliss-reactive ketones (excluding diaryl/α,β-unsaturated/α-hetero) is 1. The molecule has 202 valence electrons. The van der Waals surface area contributed by atoms with Gasteiger partial charge in [0.25, 0.3) is 11.7 Å². The van der Waals surface area contributed by atoms with E-state index < -0.39 is 17.7 Å².